The lowest BCUT2D eigenvalue weighted by atomic mass is 9.97. The van der Waals surface area contributed by atoms with Crippen molar-refractivity contribution in [2.24, 2.45) is 0 Å². The van der Waals surface area contributed by atoms with Gasteiger partial charge in [0, 0.05) is 74.1 Å². The van der Waals surface area contributed by atoms with Gasteiger partial charge in [-0.05, 0) is 63.6 Å². The van der Waals surface area contributed by atoms with Gasteiger partial charge in [-0.15, -0.1) is 0 Å². The summed E-state index contributed by atoms with van der Waals surface area (Å²) in [6.07, 6.45) is 7.55. The number of nitrogens with zero attached hydrogens (tertiary/aromatic N) is 6. The molecule has 5 heterocycles. The van der Waals surface area contributed by atoms with Gasteiger partial charge in [-0.1, -0.05) is 0 Å². The first-order valence-electron chi connectivity index (χ1n) is 13.9. The van der Waals surface area contributed by atoms with Crippen molar-refractivity contribution in [3.05, 3.63) is 30.0 Å². The standard InChI is InChI=1S/C28H37N9O/c1-18-14-26(35-34-18)32-27-24-7-6-20(36-12-8-23(38-2)9-13-36)17-25(24)31-28(33-27)30-19-15-21-4-5-22(16-19)37(21)11-3-10-29/h6-7,14,17,19,21-23H,3-5,8-9,11-13,15-16H2,1-2H3,(H3,30,31,32,33,34,35). The number of nitriles is 1. The molecule has 0 amide bonds. The van der Waals surface area contributed by atoms with Crippen LogP contribution >= 0.6 is 0 Å². The quantitative estimate of drug-likeness (QED) is 0.402. The van der Waals surface area contributed by atoms with Crippen LogP contribution in [0.4, 0.5) is 23.3 Å². The molecule has 1 aromatic carbocycles. The number of nitrogens with one attached hydrogen (secondary N) is 3. The number of aromatic nitrogens is 4. The summed E-state index contributed by atoms with van der Waals surface area (Å²) in [6.45, 7) is 4.82. The maximum atomic E-state index is 9.06. The van der Waals surface area contributed by atoms with Crippen molar-refractivity contribution in [3.8, 4) is 6.07 Å². The lowest BCUT2D eigenvalue weighted by Gasteiger charge is -2.38. The summed E-state index contributed by atoms with van der Waals surface area (Å²) in [6, 6.07) is 12.1. The third kappa shape index (κ3) is 5.13. The second-order valence-corrected chi connectivity index (χ2v) is 10.9. The maximum absolute atomic E-state index is 9.06. The molecule has 200 valence electrons. The predicted molar refractivity (Wildman–Crippen MR) is 149 cm³/mol. The molecule has 0 aliphatic carbocycles. The summed E-state index contributed by atoms with van der Waals surface area (Å²) < 4.78 is 5.56. The molecule has 6 rings (SSSR count). The lowest BCUT2D eigenvalue weighted by molar-refractivity contribution is 0.0819. The molecular weight excluding hydrogens is 478 g/mol. The van der Waals surface area contributed by atoms with Gasteiger partial charge in [0.25, 0.3) is 0 Å². The van der Waals surface area contributed by atoms with Gasteiger partial charge >= 0.3 is 0 Å². The summed E-state index contributed by atoms with van der Waals surface area (Å²) >= 11 is 0. The van der Waals surface area contributed by atoms with Crippen LogP contribution in [0.25, 0.3) is 10.9 Å². The fraction of sp³-hybridized carbons (Fsp3) is 0.571. The van der Waals surface area contributed by atoms with E-state index in [1.165, 1.54) is 18.5 Å². The molecule has 0 spiro atoms. The van der Waals surface area contributed by atoms with Crippen molar-refractivity contribution in [2.75, 3.05) is 42.3 Å². The summed E-state index contributed by atoms with van der Waals surface area (Å²) in [5, 5.41) is 24.5. The van der Waals surface area contributed by atoms with Gasteiger partial charge in [0.2, 0.25) is 5.95 Å². The van der Waals surface area contributed by atoms with Gasteiger partial charge in [-0.25, -0.2) is 4.98 Å². The highest BCUT2D eigenvalue weighted by molar-refractivity contribution is 5.93. The van der Waals surface area contributed by atoms with Crippen molar-refractivity contribution in [1.82, 2.24) is 25.1 Å². The summed E-state index contributed by atoms with van der Waals surface area (Å²) in [7, 11) is 1.80. The Balaban J connectivity index is 1.27. The molecule has 2 unspecified atom stereocenters. The van der Waals surface area contributed by atoms with E-state index in [0.717, 1.165) is 73.6 Å². The normalized spacial score (nSPS) is 24.0. The van der Waals surface area contributed by atoms with Crippen LogP contribution in [0.15, 0.2) is 24.3 Å². The number of hydrogen-bond acceptors (Lipinski definition) is 9. The average molecular weight is 516 g/mol. The molecular formula is C28H37N9O. The van der Waals surface area contributed by atoms with E-state index in [1.54, 1.807) is 7.11 Å². The number of rotatable bonds is 8. The first-order chi connectivity index (χ1) is 18.6. The van der Waals surface area contributed by atoms with E-state index in [-0.39, 0.29) is 0 Å². The zero-order valence-electron chi connectivity index (χ0n) is 22.3. The number of aryl methyl sites for hydroxylation is 1. The Morgan fingerprint density at radius 2 is 1.89 bits per heavy atom. The Bertz CT molecular complexity index is 1300. The second-order valence-electron chi connectivity index (χ2n) is 10.9. The van der Waals surface area contributed by atoms with Crippen molar-refractivity contribution in [1.29, 1.82) is 5.26 Å². The molecule has 3 N–H and O–H groups in total. The number of fused-ring (bicyclic) bond motifs is 3. The van der Waals surface area contributed by atoms with E-state index >= 15 is 0 Å². The summed E-state index contributed by atoms with van der Waals surface area (Å²) in [5.41, 5.74) is 3.09. The SMILES string of the molecule is COC1CCN(c2ccc3c(Nc4cc(C)[nH]n4)nc(NC4CC5CCC(C4)N5CCC#N)nc3c2)CC1. The minimum Gasteiger partial charge on any atom is -0.381 e. The molecule has 3 saturated heterocycles. The van der Waals surface area contributed by atoms with E-state index in [4.69, 9.17) is 20.0 Å². The van der Waals surface area contributed by atoms with Gasteiger partial charge in [0.15, 0.2) is 5.82 Å². The van der Waals surface area contributed by atoms with Gasteiger partial charge < -0.3 is 20.3 Å². The molecule has 3 aliphatic heterocycles. The number of piperidine rings is 2. The van der Waals surface area contributed by atoms with Crippen molar-refractivity contribution >= 4 is 34.2 Å². The largest absolute Gasteiger partial charge is 0.381 e. The van der Waals surface area contributed by atoms with E-state index in [0.29, 0.717) is 36.6 Å². The van der Waals surface area contributed by atoms with Gasteiger partial charge in [0.05, 0.1) is 17.7 Å². The molecule has 0 saturated carbocycles. The molecule has 10 nitrogen and oxygen atoms in total. The first-order valence-corrected chi connectivity index (χ1v) is 13.9. The Morgan fingerprint density at radius 3 is 2.58 bits per heavy atom. The highest BCUT2D eigenvalue weighted by Gasteiger charge is 2.40. The molecule has 2 atom stereocenters. The molecule has 3 fully saturated rings. The van der Waals surface area contributed by atoms with E-state index in [1.807, 2.05) is 13.0 Å². The Kier molecular flexibility index (Phi) is 7.04. The number of anilines is 4. The number of benzene rings is 1. The van der Waals surface area contributed by atoms with Crippen molar-refractivity contribution in [2.45, 2.75) is 76.1 Å². The molecule has 3 aliphatic rings. The molecule has 0 radical (unpaired) electrons. The Morgan fingerprint density at radius 1 is 1.11 bits per heavy atom. The Hall–Kier alpha value is -3.42. The van der Waals surface area contributed by atoms with Gasteiger partial charge in [-0.2, -0.15) is 15.3 Å². The van der Waals surface area contributed by atoms with Crippen LogP contribution < -0.4 is 15.5 Å². The van der Waals surface area contributed by atoms with Crippen molar-refractivity contribution in [3.63, 3.8) is 0 Å². The van der Waals surface area contributed by atoms with Crippen LogP contribution in [-0.2, 0) is 4.74 Å². The lowest BCUT2D eigenvalue weighted by Crippen LogP contribution is -2.47. The Labute approximate surface area is 223 Å². The van der Waals surface area contributed by atoms with Crippen LogP contribution in [-0.4, -0.2) is 76.0 Å². The molecule has 38 heavy (non-hydrogen) atoms. The first kappa shape index (κ1) is 24.9. The van der Waals surface area contributed by atoms with E-state index in [2.05, 4.69) is 54.9 Å². The topological polar surface area (TPSA) is 118 Å². The molecule has 2 aromatic heterocycles. The number of ether oxygens (including phenoxy) is 1. The highest BCUT2D eigenvalue weighted by atomic mass is 16.5. The fourth-order valence-corrected chi connectivity index (χ4v) is 6.55. The fourth-order valence-electron chi connectivity index (χ4n) is 6.55. The third-order valence-corrected chi connectivity index (χ3v) is 8.47. The molecule has 10 heteroatoms. The highest BCUT2D eigenvalue weighted by Crippen LogP contribution is 2.37. The number of hydrogen-bond donors (Lipinski definition) is 3. The minimum absolute atomic E-state index is 0.319. The summed E-state index contributed by atoms with van der Waals surface area (Å²) in [5.74, 6) is 2.14. The van der Waals surface area contributed by atoms with Crippen LogP contribution in [0.2, 0.25) is 0 Å². The molecule has 2 bridgehead atoms. The van der Waals surface area contributed by atoms with Gasteiger partial charge in [0.1, 0.15) is 5.82 Å². The molecule has 3 aromatic rings. The smallest absolute Gasteiger partial charge is 0.225 e. The van der Waals surface area contributed by atoms with E-state index in [9.17, 15) is 0 Å². The van der Waals surface area contributed by atoms with E-state index < -0.39 is 0 Å². The van der Waals surface area contributed by atoms with Gasteiger partial charge in [-0.3, -0.25) is 10.00 Å². The third-order valence-electron chi connectivity index (χ3n) is 8.47. The zero-order valence-corrected chi connectivity index (χ0v) is 22.3. The van der Waals surface area contributed by atoms with Crippen LogP contribution in [0.1, 0.15) is 50.6 Å². The second kappa shape index (κ2) is 10.8. The van der Waals surface area contributed by atoms with Crippen LogP contribution in [0, 0.1) is 18.3 Å². The average Bonchev–Trinajstić information content (AvgIpc) is 3.45. The number of H-pyrrole nitrogens is 1. The number of methoxy groups -OCH3 is 1. The maximum Gasteiger partial charge on any atom is 0.225 e. The van der Waals surface area contributed by atoms with Crippen LogP contribution in [0.3, 0.4) is 0 Å². The van der Waals surface area contributed by atoms with Crippen molar-refractivity contribution < 1.29 is 4.74 Å². The zero-order chi connectivity index (χ0) is 26.1. The summed E-state index contributed by atoms with van der Waals surface area (Å²) in [4.78, 5) is 14.9. The number of aromatic amines is 1. The van der Waals surface area contributed by atoms with Crippen LogP contribution in [0.5, 0.6) is 0 Å². The monoisotopic (exact) mass is 515 g/mol. The minimum atomic E-state index is 0.319. The predicted octanol–water partition coefficient (Wildman–Crippen LogP) is 4.34.